The van der Waals surface area contributed by atoms with E-state index < -0.39 is 5.95 Å². The average Bonchev–Trinajstić information content (AvgIpc) is 2.04. The lowest BCUT2D eigenvalue weighted by Crippen LogP contribution is -2.00. The summed E-state index contributed by atoms with van der Waals surface area (Å²) in [6.07, 6.45) is 0.697. The van der Waals surface area contributed by atoms with Gasteiger partial charge in [0.25, 0.3) is 0 Å². The van der Waals surface area contributed by atoms with E-state index in [0.29, 0.717) is 11.4 Å². The molecule has 1 unspecified atom stereocenters. The van der Waals surface area contributed by atoms with Crippen LogP contribution in [0.15, 0.2) is 23.2 Å². The molecule has 13 heavy (non-hydrogen) atoms. The van der Waals surface area contributed by atoms with Gasteiger partial charge in [0.05, 0.1) is 5.03 Å². The summed E-state index contributed by atoms with van der Waals surface area (Å²) in [5.74, 6) is -0.457. The number of nitrogens with zero attached hydrogens (tertiary/aromatic N) is 1. The monoisotopic (exact) mass is 201 g/mol. The number of halogens is 1. The molecule has 0 saturated heterocycles. The third-order valence-corrected chi connectivity index (χ3v) is 2.65. The summed E-state index contributed by atoms with van der Waals surface area (Å²) in [6, 6.07) is 4.72. The molecule has 72 valence electrons. The lowest BCUT2D eigenvalue weighted by atomic mass is 10.3. The van der Waals surface area contributed by atoms with E-state index in [0.717, 1.165) is 0 Å². The largest absolute Gasteiger partial charge is 0.396 e. The summed E-state index contributed by atoms with van der Waals surface area (Å²) in [5, 5.41) is 9.59. The highest BCUT2D eigenvalue weighted by atomic mass is 32.2. The van der Waals surface area contributed by atoms with Crippen molar-refractivity contribution in [2.75, 3.05) is 6.61 Å². The quantitative estimate of drug-likeness (QED) is 0.598. The Kier molecular flexibility index (Phi) is 4.18. The molecule has 0 aliphatic rings. The van der Waals surface area contributed by atoms with Crippen molar-refractivity contribution in [1.82, 2.24) is 4.98 Å². The number of hydrogen-bond donors (Lipinski definition) is 1. The molecule has 1 N–H and O–H groups in total. The van der Waals surface area contributed by atoms with Crippen molar-refractivity contribution in [2.24, 2.45) is 0 Å². The normalized spacial score (nSPS) is 12.8. The average molecular weight is 201 g/mol. The molecule has 1 aromatic rings. The highest BCUT2D eigenvalue weighted by Crippen LogP contribution is 2.22. The molecule has 1 heterocycles. The van der Waals surface area contributed by atoms with E-state index in [1.807, 2.05) is 6.92 Å². The van der Waals surface area contributed by atoms with E-state index in [1.165, 1.54) is 17.8 Å². The first-order chi connectivity index (χ1) is 6.22. The number of thioether (sulfide) groups is 1. The molecule has 0 amide bonds. The fourth-order valence-corrected chi connectivity index (χ4v) is 1.83. The molecule has 0 aromatic carbocycles. The maximum atomic E-state index is 12.6. The number of aliphatic hydroxyl groups excluding tert-OH is 1. The van der Waals surface area contributed by atoms with E-state index in [-0.39, 0.29) is 11.9 Å². The second-order valence-electron chi connectivity index (χ2n) is 2.74. The van der Waals surface area contributed by atoms with Crippen LogP contribution in [0, 0.1) is 5.95 Å². The number of aromatic nitrogens is 1. The topological polar surface area (TPSA) is 33.1 Å². The predicted molar refractivity (Wildman–Crippen MR) is 51.2 cm³/mol. The van der Waals surface area contributed by atoms with Gasteiger partial charge in [0.1, 0.15) is 0 Å². The number of pyridine rings is 1. The van der Waals surface area contributed by atoms with Crippen LogP contribution in [0.2, 0.25) is 0 Å². The van der Waals surface area contributed by atoms with Crippen LogP contribution >= 0.6 is 11.8 Å². The molecule has 0 fully saturated rings. The lowest BCUT2D eigenvalue weighted by Gasteiger charge is -2.07. The Hall–Kier alpha value is -0.610. The van der Waals surface area contributed by atoms with Gasteiger partial charge in [-0.3, -0.25) is 0 Å². The van der Waals surface area contributed by atoms with Gasteiger partial charge in [-0.2, -0.15) is 4.39 Å². The number of aliphatic hydroxyl groups is 1. The standard InChI is InChI=1S/C9H12FNOS/c1-7(5-6-12)13-9-4-2-3-8(10)11-9/h2-4,7,12H,5-6H2,1H3. The summed E-state index contributed by atoms with van der Waals surface area (Å²) in [6.45, 7) is 2.14. The molecule has 1 aromatic heterocycles. The van der Waals surface area contributed by atoms with Crippen molar-refractivity contribution >= 4 is 11.8 Å². The second-order valence-corrected chi connectivity index (χ2v) is 4.20. The van der Waals surface area contributed by atoms with E-state index in [9.17, 15) is 4.39 Å². The summed E-state index contributed by atoms with van der Waals surface area (Å²) >= 11 is 1.47. The first-order valence-corrected chi connectivity index (χ1v) is 5.00. The van der Waals surface area contributed by atoms with Crippen molar-refractivity contribution in [1.29, 1.82) is 0 Å². The van der Waals surface area contributed by atoms with Crippen molar-refractivity contribution in [3.05, 3.63) is 24.1 Å². The Morgan fingerprint density at radius 3 is 3.00 bits per heavy atom. The van der Waals surface area contributed by atoms with Gasteiger partial charge in [-0.05, 0) is 18.6 Å². The fourth-order valence-electron chi connectivity index (χ4n) is 0.902. The molecule has 4 heteroatoms. The van der Waals surface area contributed by atoms with Gasteiger partial charge in [-0.15, -0.1) is 11.8 Å². The van der Waals surface area contributed by atoms with E-state index in [2.05, 4.69) is 4.98 Å². The van der Waals surface area contributed by atoms with Crippen LogP contribution in [0.4, 0.5) is 4.39 Å². The third kappa shape index (κ3) is 3.74. The van der Waals surface area contributed by atoms with Gasteiger partial charge < -0.3 is 5.11 Å². The summed E-state index contributed by atoms with van der Waals surface area (Å²) < 4.78 is 12.6. The van der Waals surface area contributed by atoms with Crippen molar-refractivity contribution in [3.63, 3.8) is 0 Å². The highest BCUT2D eigenvalue weighted by molar-refractivity contribution is 7.99. The Morgan fingerprint density at radius 1 is 1.62 bits per heavy atom. The van der Waals surface area contributed by atoms with Crippen molar-refractivity contribution in [2.45, 2.75) is 23.6 Å². The van der Waals surface area contributed by atoms with Crippen LogP contribution in [0.25, 0.3) is 0 Å². The molecule has 1 rings (SSSR count). The summed E-state index contributed by atoms with van der Waals surface area (Å²) in [7, 11) is 0. The first-order valence-electron chi connectivity index (χ1n) is 4.12. The predicted octanol–water partition coefficient (Wildman–Crippen LogP) is 2.08. The van der Waals surface area contributed by atoms with Crippen molar-refractivity contribution < 1.29 is 9.50 Å². The van der Waals surface area contributed by atoms with Gasteiger partial charge in [0, 0.05) is 11.9 Å². The van der Waals surface area contributed by atoms with Crippen LogP contribution in [-0.2, 0) is 0 Å². The van der Waals surface area contributed by atoms with Gasteiger partial charge in [0.2, 0.25) is 5.95 Å². The summed E-state index contributed by atoms with van der Waals surface area (Å²) in [5.41, 5.74) is 0. The minimum Gasteiger partial charge on any atom is -0.396 e. The molecule has 0 bridgehead atoms. The van der Waals surface area contributed by atoms with Gasteiger partial charge >= 0.3 is 0 Å². The molecule has 0 aliphatic heterocycles. The Balaban J connectivity index is 2.53. The first kappa shape index (κ1) is 10.5. The second kappa shape index (κ2) is 5.19. The lowest BCUT2D eigenvalue weighted by molar-refractivity contribution is 0.289. The number of hydrogen-bond acceptors (Lipinski definition) is 3. The molecule has 2 nitrogen and oxygen atoms in total. The molecule has 1 atom stereocenters. The van der Waals surface area contributed by atoms with Gasteiger partial charge in [-0.1, -0.05) is 13.0 Å². The Labute approximate surface area is 81.2 Å². The summed E-state index contributed by atoms with van der Waals surface area (Å²) in [4.78, 5) is 3.71. The molecule has 0 spiro atoms. The van der Waals surface area contributed by atoms with Gasteiger partial charge in [-0.25, -0.2) is 4.98 Å². The smallest absolute Gasteiger partial charge is 0.213 e. The van der Waals surface area contributed by atoms with Crippen molar-refractivity contribution in [3.8, 4) is 0 Å². The molecule has 0 saturated carbocycles. The van der Waals surface area contributed by atoms with E-state index in [1.54, 1.807) is 12.1 Å². The third-order valence-electron chi connectivity index (χ3n) is 1.55. The molecule has 0 radical (unpaired) electrons. The molecular weight excluding hydrogens is 189 g/mol. The SMILES string of the molecule is CC(CCO)Sc1cccc(F)n1. The maximum absolute atomic E-state index is 12.6. The van der Waals surface area contributed by atoms with Crippen LogP contribution in [0.3, 0.4) is 0 Å². The molecular formula is C9H12FNOS. The minimum atomic E-state index is -0.457. The van der Waals surface area contributed by atoms with Crippen LogP contribution < -0.4 is 0 Å². The zero-order valence-corrected chi connectivity index (χ0v) is 8.22. The Morgan fingerprint density at radius 2 is 2.38 bits per heavy atom. The van der Waals surface area contributed by atoms with Crippen LogP contribution in [0.1, 0.15) is 13.3 Å². The van der Waals surface area contributed by atoms with E-state index in [4.69, 9.17) is 5.11 Å². The Bertz CT molecular complexity index is 270. The highest BCUT2D eigenvalue weighted by Gasteiger charge is 2.04. The van der Waals surface area contributed by atoms with E-state index >= 15 is 0 Å². The fraction of sp³-hybridized carbons (Fsp3) is 0.444. The van der Waals surface area contributed by atoms with Crippen LogP contribution in [-0.4, -0.2) is 21.9 Å². The number of rotatable bonds is 4. The zero-order chi connectivity index (χ0) is 9.68. The van der Waals surface area contributed by atoms with Crippen LogP contribution in [0.5, 0.6) is 0 Å². The zero-order valence-electron chi connectivity index (χ0n) is 7.40. The molecule has 0 aliphatic carbocycles. The maximum Gasteiger partial charge on any atom is 0.213 e. The minimum absolute atomic E-state index is 0.156. The van der Waals surface area contributed by atoms with Gasteiger partial charge in [0.15, 0.2) is 0 Å².